The summed E-state index contributed by atoms with van der Waals surface area (Å²) in [6, 6.07) is 15.2. The molecule has 0 radical (unpaired) electrons. The minimum atomic E-state index is -3.40. The Morgan fingerprint density at radius 2 is 1.89 bits per heavy atom. The van der Waals surface area contributed by atoms with Crippen LogP contribution in [-0.4, -0.2) is 67.2 Å². The quantitative estimate of drug-likeness (QED) is 0.339. The van der Waals surface area contributed by atoms with Crippen molar-refractivity contribution in [3.63, 3.8) is 0 Å². The number of benzene rings is 2. The van der Waals surface area contributed by atoms with Crippen LogP contribution in [-0.2, 0) is 27.8 Å². The summed E-state index contributed by atoms with van der Waals surface area (Å²) < 4.78 is 28.2. The van der Waals surface area contributed by atoms with Gasteiger partial charge in [0.1, 0.15) is 5.65 Å². The van der Waals surface area contributed by atoms with E-state index in [1.165, 1.54) is 0 Å². The average Bonchev–Trinajstić information content (AvgIpc) is 3.25. The van der Waals surface area contributed by atoms with Gasteiger partial charge in [-0.15, -0.1) is 0 Å². The van der Waals surface area contributed by atoms with Crippen molar-refractivity contribution in [2.24, 2.45) is 0 Å². The van der Waals surface area contributed by atoms with Crippen LogP contribution in [0.2, 0.25) is 0 Å². The molecule has 4 aromatic rings. The van der Waals surface area contributed by atoms with Crippen LogP contribution in [0.4, 0.5) is 23.0 Å². The molecule has 38 heavy (non-hydrogen) atoms. The number of para-hydroxylation sites is 1. The molecule has 3 heterocycles. The van der Waals surface area contributed by atoms with E-state index in [0.29, 0.717) is 37.6 Å². The van der Waals surface area contributed by atoms with Crippen molar-refractivity contribution >= 4 is 50.0 Å². The van der Waals surface area contributed by atoms with E-state index >= 15 is 0 Å². The number of rotatable bonds is 9. The number of hydrogen-bond donors (Lipinski definition) is 2. The fourth-order valence-corrected chi connectivity index (χ4v) is 5.21. The number of anilines is 4. The smallest absolute Gasteiger partial charge is 0.229 e. The molecule has 0 saturated carbocycles. The normalized spacial score (nSPS) is 13.7. The number of sulfonamides is 1. The van der Waals surface area contributed by atoms with Gasteiger partial charge in [-0.05, 0) is 62.0 Å². The molecule has 1 aliphatic heterocycles. The Kier molecular flexibility index (Phi) is 7.04. The van der Waals surface area contributed by atoms with Crippen molar-refractivity contribution in [2.75, 3.05) is 48.4 Å². The van der Waals surface area contributed by atoms with Crippen molar-refractivity contribution in [1.29, 1.82) is 0 Å². The van der Waals surface area contributed by atoms with E-state index in [2.05, 4.69) is 26.0 Å². The Morgan fingerprint density at radius 3 is 2.68 bits per heavy atom. The fraction of sp³-hybridized carbons (Fsp3) is 0.296. The highest BCUT2D eigenvalue weighted by Gasteiger charge is 2.24. The molecule has 198 valence electrons. The predicted molar refractivity (Wildman–Crippen MR) is 150 cm³/mol. The number of hydrogen-bond acceptors (Lipinski definition) is 7. The number of nitrogens with zero attached hydrogens (tertiary/aromatic N) is 5. The van der Waals surface area contributed by atoms with Crippen LogP contribution in [0.25, 0.3) is 11.0 Å². The summed E-state index contributed by atoms with van der Waals surface area (Å²) in [5.74, 6) is 0.610. The molecule has 5 rings (SSSR count). The molecule has 0 aliphatic carbocycles. The first-order valence-electron chi connectivity index (χ1n) is 12.4. The number of nitrogens with one attached hydrogen (secondary N) is 2. The van der Waals surface area contributed by atoms with Gasteiger partial charge < -0.3 is 19.7 Å². The lowest BCUT2D eigenvalue weighted by Crippen LogP contribution is -2.39. The lowest BCUT2D eigenvalue weighted by atomic mass is 10.0. The second-order valence-corrected chi connectivity index (χ2v) is 11.5. The topological polar surface area (TPSA) is 112 Å². The van der Waals surface area contributed by atoms with Gasteiger partial charge in [-0.2, -0.15) is 4.98 Å². The molecule has 0 saturated heterocycles. The molecule has 2 N–H and O–H groups in total. The van der Waals surface area contributed by atoms with E-state index in [4.69, 9.17) is 4.98 Å². The lowest BCUT2D eigenvalue weighted by molar-refractivity contribution is -0.118. The molecule has 1 aliphatic rings. The molecule has 0 bridgehead atoms. The number of aryl methyl sites for hydroxylation is 1. The molecule has 10 nitrogen and oxygen atoms in total. The van der Waals surface area contributed by atoms with Crippen LogP contribution in [0.3, 0.4) is 0 Å². The van der Waals surface area contributed by atoms with Gasteiger partial charge in [0.2, 0.25) is 21.9 Å². The first-order valence-corrected chi connectivity index (χ1v) is 14.3. The van der Waals surface area contributed by atoms with Gasteiger partial charge in [0.15, 0.2) is 0 Å². The maximum atomic E-state index is 12.5. The predicted octanol–water partition coefficient (Wildman–Crippen LogP) is 3.44. The molecule has 0 spiro atoms. The minimum absolute atomic E-state index is 0.155. The monoisotopic (exact) mass is 533 g/mol. The third-order valence-corrected chi connectivity index (χ3v) is 7.05. The van der Waals surface area contributed by atoms with Crippen LogP contribution < -0.4 is 14.9 Å². The zero-order valence-corrected chi connectivity index (χ0v) is 22.5. The second-order valence-electron chi connectivity index (χ2n) is 9.76. The Morgan fingerprint density at radius 1 is 1.08 bits per heavy atom. The number of aromatic nitrogens is 3. The van der Waals surface area contributed by atoms with E-state index in [-0.39, 0.29) is 5.91 Å². The number of carbonyl (C=O) groups is 1. The van der Waals surface area contributed by atoms with Gasteiger partial charge in [0.25, 0.3) is 0 Å². The van der Waals surface area contributed by atoms with Crippen LogP contribution in [0.1, 0.15) is 17.5 Å². The van der Waals surface area contributed by atoms with Crippen LogP contribution in [0.5, 0.6) is 0 Å². The molecule has 0 unspecified atom stereocenters. The van der Waals surface area contributed by atoms with Gasteiger partial charge in [0.05, 0.1) is 18.5 Å². The van der Waals surface area contributed by atoms with Gasteiger partial charge in [-0.3, -0.25) is 9.52 Å². The summed E-state index contributed by atoms with van der Waals surface area (Å²) >= 11 is 0. The first kappa shape index (κ1) is 25.7. The van der Waals surface area contributed by atoms with E-state index < -0.39 is 10.0 Å². The maximum absolute atomic E-state index is 12.5. The van der Waals surface area contributed by atoms with E-state index in [1.54, 1.807) is 18.3 Å². The van der Waals surface area contributed by atoms with Crippen molar-refractivity contribution < 1.29 is 13.2 Å². The van der Waals surface area contributed by atoms with Gasteiger partial charge in [-0.25, -0.2) is 13.4 Å². The van der Waals surface area contributed by atoms with Gasteiger partial charge >= 0.3 is 0 Å². The Labute approximate surface area is 222 Å². The molecular formula is C27H31N7O3S. The molecule has 0 fully saturated rings. The number of fused-ring (bicyclic) bond motifs is 2. The molecule has 2 aromatic heterocycles. The SMILES string of the molecule is CN(C)CCN1C(=O)CCc2cc(Nc3ncc4ccn(Cc5ccccc5NS(C)(=O)=O)c4n3)ccc21. The lowest BCUT2D eigenvalue weighted by Gasteiger charge is -2.30. The fourth-order valence-electron chi connectivity index (χ4n) is 4.61. The molecule has 11 heteroatoms. The largest absolute Gasteiger partial charge is 0.328 e. The summed E-state index contributed by atoms with van der Waals surface area (Å²) in [5.41, 5.74) is 5.02. The van der Waals surface area contributed by atoms with E-state index in [1.807, 2.05) is 60.1 Å². The van der Waals surface area contributed by atoms with Gasteiger partial charge in [0, 0.05) is 48.7 Å². The molecule has 2 aromatic carbocycles. The minimum Gasteiger partial charge on any atom is -0.328 e. The highest BCUT2D eigenvalue weighted by Crippen LogP contribution is 2.31. The summed E-state index contributed by atoms with van der Waals surface area (Å²) in [7, 11) is 0.600. The van der Waals surface area contributed by atoms with E-state index in [9.17, 15) is 13.2 Å². The summed E-state index contributed by atoms with van der Waals surface area (Å²) in [4.78, 5) is 25.7. The molecular weight excluding hydrogens is 502 g/mol. The van der Waals surface area contributed by atoms with Crippen molar-refractivity contribution in [2.45, 2.75) is 19.4 Å². The van der Waals surface area contributed by atoms with Crippen molar-refractivity contribution in [3.05, 3.63) is 72.1 Å². The molecule has 1 amide bonds. The third kappa shape index (κ3) is 5.79. The Hall–Kier alpha value is -3.96. The summed E-state index contributed by atoms with van der Waals surface area (Å²) in [6.45, 7) is 1.90. The van der Waals surface area contributed by atoms with Crippen LogP contribution in [0.15, 0.2) is 60.9 Å². The number of likely N-dealkylation sites (N-methyl/N-ethyl adjacent to an activating group) is 1. The first-order chi connectivity index (χ1) is 18.2. The Bertz CT molecular complexity index is 1600. The highest BCUT2D eigenvalue weighted by atomic mass is 32.2. The number of amides is 1. The highest BCUT2D eigenvalue weighted by molar-refractivity contribution is 7.92. The van der Waals surface area contributed by atoms with Crippen LogP contribution >= 0.6 is 0 Å². The average molecular weight is 534 g/mol. The zero-order chi connectivity index (χ0) is 26.9. The van der Waals surface area contributed by atoms with E-state index in [0.717, 1.165) is 46.3 Å². The zero-order valence-electron chi connectivity index (χ0n) is 21.7. The van der Waals surface area contributed by atoms with Crippen LogP contribution in [0, 0.1) is 0 Å². The summed E-state index contributed by atoms with van der Waals surface area (Å²) in [5, 5.41) is 4.19. The molecule has 0 atom stereocenters. The van der Waals surface area contributed by atoms with Crippen molar-refractivity contribution in [1.82, 2.24) is 19.4 Å². The summed E-state index contributed by atoms with van der Waals surface area (Å²) in [6.07, 6.45) is 6.02. The Balaban J connectivity index is 1.38. The van der Waals surface area contributed by atoms with Crippen molar-refractivity contribution in [3.8, 4) is 0 Å². The number of carbonyl (C=O) groups excluding carboxylic acids is 1. The third-order valence-electron chi connectivity index (χ3n) is 6.46. The van der Waals surface area contributed by atoms with Gasteiger partial charge in [-0.1, -0.05) is 18.2 Å². The maximum Gasteiger partial charge on any atom is 0.229 e. The standard InChI is InChI=1S/C27H31N7O3S/c1-32(2)14-15-34-24-10-9-22(16-19(24)8-11-25(34)35)29-27-28-17-20-12-13-33(26(20)30-27)18-21-6-4-5-7-23(21)31-38(3,36)37/h4-7,9-10,12-13,16-17,31H,8,11,14-15,18H2,1-3H3,(H,28,29,30). The second kappa shape index (κ2) is 10.4.